The van der Waals surface area contributed by atoms with Crippen molar-refractivity contribution >= 4 is 15.7 Å². The first-order chi connectivity index (χ1) is 9.94. The Balaban J connectivity index is 2.09. The maximum atomic E-state index is 12.2. The lowest BCUT2D eigenvalue weighted by Gasteiger charge is -2.08. The summed E-state index contributed by atoms with van der Waals surface area (Å²) in [7, 11) is -1.69. The van der Waals surface area contributed by atoms with E-state index >= 15 is 0 Å². The van der Waals surface area contributed by atoms with Crippen LogP contribution in [0.4, 0.5) is 5.69 Å². The number of hydrogen-bond donors (Lipinski definition) is 2. The van der Waals surface area contributed by atoms with Crippen LogP contribution in [-0.4, -0.2) is 24.7 Å². The molecular weight excluding hydrogens is 288 g/mol. The summed E-state index contributed by atoms with van der Waals surface area (Å²) in [6.45, 7) is 4.92. The van der Waals surface area contributed by atoms with Gasteiger partial charge in [0.05, 0.1) is 11.1 Å². The Bertz CT molecular complexity index is 705. The molecule has 1 aromatic heterocycles. The highest BCUT2D eigenvalue weighted by atomic mass is 32.2. The largest absolute Gasteiger partial charge is 0.385 e. The van der Waals surface area contributed by atoms with E-state index in [1.807, 2.05) is 20.9 Å². The molecule has 0 aliphatic rings. The van der Waals surface area contributed by atoms with Gasteiger partial charge in [-0.2, -0.15) is 5.10 Å². The van der Waals surface area contributed by atoms with E-state index in [0.29, 0.717) is 0 Å². The Morgan fingerprint density at radius 1 is 1.24 bits per heavy atom. The third-order valence-electron chi connectivity index (χ3n) is 3.34. The third-order valence-corrected chi connectivity index (χ3v) is 4.75. The number of aromatic nitrogens is 2. The molecule has 0 radical (unpaired) electrons. The van der Waals surface area contributed by atoms with Gasteiger partial charge >= 0.3 is 0 Å². The van der Waals surface area contributed by atoms with E-state index in [0.717, 1.165) is 23.5 Å². The van der Waals surface area contributed by atoms with Gasteiger partial charge in [0.15, 0.2) is 0 Å². The summed E-state index contributed by atoms with van der Waals surface area (Å²) in [4.78, 5) is 0.255. The molecule has 2 N–H and O–H groups in total. The number of nitrogens with one attached hydrogen (secondary N) is 2. The lowest BCUT2D eigenvalue weighted by Crippen LogP contribution is -2.23. The average Bonchev–Trinajstić information content (AvgIpc) is 2.78. The number of anilines is 1. The summed E-state index contributed by atoms with van der Waals surface area (Å²) < 4.78 is 28.8. The highest BCUT2D eigenvalue weighted by molar-refractivity contribution is 7.89. The molecule has 21 heavy (non-hydrogen) atoms. The Labute approximate surface area is 125 Å². The maximum Gasteiger partial charge on any atom is 0.240 e. The molecule has 0 bridgehead atoms. The van der Waals surface area contributed by atoms with Gasteiger partial charge < -0.3 is 5.32 Å². The number of sulfonamides is 1. The van der Waals surface area contributed by atoms with Gasteiger partial charge in [-0.3, -0.25) is 4.68 Å². The second kappa shape index (κ2) is 6.28. The highest BCUT2D eigenvalue weighted by Crippen LogP contribution is 2.14. The summed E-state index contributed by atoms with van der Waals surface area (Å²) in [5.41, 5.74) is 2.71. The van der Waals surface area contributed by atoms with Crippen molar-refractivity contribution in [2.45, 2.75) is 25.3 Å². The Morgan fingerprint density at radius 2 is 1.90 bits per heavy atom. The van der Waals surface area contributed by atoms with Crippen LogP contribution in [0.2, 0.25) is 0 Å². The first-order valence-electron chi connectivity index (χ1n) is 6.75. The number of nitrogens with zero attached hydrogens (tertiary/aromatic N) is 2. The summed E-state index contributed by atoms with van der Waals surface area (Å²) in [5.74, 6) is 0. The first kappa shape index (κ1) is 15.5. The summed E-state index contributed by atoms with van der Waals surface area (Å²) in [6, 6.07) is 6.70. The van der Waals surface area contributed by atoms with E-state index in [1.165, 1.54) is 0 Å². The molecule has 0 fully saturated rings. The van der Waals surface area contributed by atoms with E-state index < -0.39 is 10.0 Å². The second-order valence-electron chi connectivity index (χ2n) is 4.76. The summed E-state index contributed by atoms with van der Waals surface area (Å²) in [6.07, 6.45) is 1.67. The van der Waals surface area contributed by atoms with Crippen molar-refractivity contribution < 1.29 is 8.42 Å². The normalized spacial score (nSPS) is 11.6. The molecule has 0 saturated carbocycles. The van der Waals surface area contributed by atoms with E-state index in [-0.39, 0.29) is 11.4 Å². The van der Waals surface area contributed by atoms with Crippen molar-refractivity contribution in [2.24, 2.45) is 7.05 Å². The average molecular weight is 308 g/mol. The predicted octanol–water partition coefficient (Wildman–Crippen LogP) is 1.64. The molecule has 0 aliphatic heterocycles. The van der Waals surface area contributed by atoms with Crippen molar-refractivity contribution in [1.82, 2.24) is 14.5 Å². The van der Waals surface area contributed by atoms with Crippen molar-refractivity contribution in [3.05, 3.63) is 41.7 Å². The van der Waals surface area contributed by atoms with Crippen LogP contribution < -0.4 is 10.0 Å². The van der Waals surface area contributed by atoms with Crippen molar-refractivity contribution in [2.75, 3.05) is 11.9 Å². The van der Waals surface area contributed by atoms with Gasteiger partial charge in [0.25, 0.3) is 0 Å². The van der Waals surface area contributed by atoms with Gasteiger partial charge in [-0.05, 0) is 38.1 Å². The summed E-state index contributed by atoms with van der Waals surface area (Å²) >= 11 is 0. The minimum atomic E-state index is -3.51. The van der Waals surface area contributed by atoms with Crippen molar-refractivity contribution in [3.63, 3.8) is 0 Å². The first-order valence-corrected chi connectivity index (χ1v) is 8.23. The lowest BCUT2D eigenvalue weighted by molar-refractivity contribution is 0.581. The molecule has 0 atom stereocenters. The Kier molecular flexibility index (Phi) is 4.64. The van der Waals surface area contributed by atoms with Crippen LogP contribution in [-0.2, 0) is 23.6 Å². The molecule has 0 amide bonds. The molecule has 0 aliphatic carbocycles. The fourth-order valence-corrected chi connectivity index (χ4v) is 2.94. The summed E-state index contributed by atoms with van der Waals surface area (Å²) in [5, 5.41) is 7.22. The predicted molar refractivity (Wildman–Crippen MR) is 82.6 cm³/mol. The van der Waals surface area contributed by atoms with Crippen LogP contribution in [0.15, 0.2) is 35.4 Å². The standard InChI is InChI=1S/C14H20N4O2S/c1-4-15-13-5-7-14(8-6-13)21(19,20)17-10-12-9-16-18(3)11(12)2/h5-9,15,17H,4,10H2,1-3H3. The third kappa shape index (κ3) is 3.62. The fourth-order valence-electron chi connectivity index (χ4n) is 1.93. The topological polar surface area (TPSA) is 76.0 Å². The maximum absolute atomic E-state index is 12.2. The van der Waals surface area contributed by atoms with E-state index in [1.54, 1.807) is 35.1 Å². The minimum absolute atomic E-state index is 0.233. The zero-order chi connectivity index (χ0) is 15.5. The lowest BCUT2D eigenvalue weighted by atomic mass is 10.3. The molecule has 0 spiro atoms. The van der Waals surface area contributed by atoms with Crippen molar-refractivity contribution in [1.29, 1.82) is 0 Å². The van der Waals surface area contributed by atoms with Crippen LogP contribution >= 0.6 is 0 Å². The Hall–Kier alpha value is -1.86. The fraction of sp³-hybridized carbons (Fsp3) is 0.357. The molecule has 0 unspecified atom stereocenters. The van der Waals surface area contributed by atoms with Gasteiger partial charge in [-0.25, -0.2) is 13.1 Å². The highest BCUT2D eigenvalue weighted by Gasteiger charge is 2.14. The molecule has 6 nitrogen and oxygen atoms in total. The Morgan fingerprint density at radius 3 is 2.43 bits per heavy atom. The quantitative estimate of drug-likeness (QED) is 0.850. The van der Waals surface area contributed by atoms with Gasteiger partial charge in [0.1, 0.15) is 0 Å². The van der Waals surface area contributed by atoms with Crippen molar-refractivity contribution in [3.8, 4) is 0 Å². The van der Waals surface area contributed by atoms with E-state index in [4.69, 9.17) is 0 Å². The number of aryl methyl sites for hydroxylation is 1. The zero-order valence-corrected chi connectivity index (χ0v) is 13.2. The minimum Gasteiger partial charge on any atom is -0.385 e. The van der Waals surface area contributed by atoms with Crippen LogP contribution in [0.1, 0.15) is 18.2 Å². The van der Waals surface area contributed by atoms with Gasteiger partial charge in [0, 0.05) is 37.1 Å². The molecular formula is C14H20N4O2S. The molecule has 7 heteroatoms. The SMILES string of the molecule is CCNc1ccc(S(=O)(=O)NCc2cnn(C)c2C)cc1. The molecule has 2 aromatic rings. The smallest absolute Gasteiger partial charge is 0.240 e. The van der Waals surface area contributed by atoms with E-state index in [9.17, 15) is 8.42 Å². The van der Waals surface area contributed by atoms with Gasteiger partial charge in [-0.15, -0.1) is 0 Å². The van der Waals surface area contributed by atoms with Gasteiger partial charge in [-0.1, -0.05) is 0 Å². The second-order valence-corrected chi connectivity index (χ2v) is 6.53. The zero-order valence-electron chi connectivity index (χ0n) is 12.4. The molecule has 0 saturated heterocycles. The van der Waals surface area contributed by atoms with Gasteiger partial charge in [0.2, 0.25) is 10.0 Å². The molecule has 114 valence electrons. The molecule has 2 rings (SSSR count). The molecule has 1 aromatic carbocycles. The number of benzene rings is 1. The van der Waals surface area contributed by atoms with Crippen LogP contribution in [0.25, 0.3) is 0 Å². The van der Waals surface area contributed by atoms with Crippen LogP contribution in [0.3, 0.4) is 0 Å². The number of rotatable bonds is 6. The monoisotopic (exact) mass is 308 g/mol. The van der Waals surface area contributed by atoms with Crippen LogP contribution in [0, 0.1) is 6.92 Å². The molecule has 1 heterocycles. The van der Waals surface area contributed by atoms with E-state index in [2.05, 4.69) is 15.1 Å². The van der Waals surface area contributed by atoms with Crippen LogP contribution in [0.5, 0.6) is 0 Å². The number of hydrogen-bond acceptors (Lipinski definition) is 4.